The van der Waals surface area contributed by atoms with Crippen LogP contribution in [0.25, 0.3) is 0 Å². The molecule has 2 atom stereocenters. The normalized spacial score (nSPS) is 31.4. The summed E-state index contributed by atoms with van der Waals surface area (Å²) in [4.78, 5) is 0. The number of rotatable bonds is 4. The third-order valence-electron chi connectivity index (χ3n) is 3.53. The van der Waals surface area contributed by atoms with Gasteiger partial charge in [-0.2, -0.15) is 12.7 Å². The highest BCUT2D eigenvalue weighted by molar-refractivity contribution is 7.87. The average molecular weight is 277 g/mol. The molecule has 0 bridgehead atoms. The van der Waals surface area contributed by atoms with E-state index >= 15 is 0 Å². The zero-order valence-corrected chi connectivity index (χ0v) is 11.7. The highest BCUT2D eigenvalue weighted by Gasteiger charge is 2.25. The summed E-state index contributed by atoms with van der Waals surface area (Å²) in [6, 6.07) is 0.737. The molecule has 2 fully saturated rings. The lowest BCUT2D eigenvalue weighted by molar-refractivity contribution is 0.0724. The van der Waals surface area contributed by atoms with Gasteiger partial charge in [-0.25, -0.2) is 4.72 Å². The topological polar surface area (TPSA) is 70.7 Å². The molecule has 0 radical (unpaired) electrons. The van der Waals surface area contributed by atoms with Gasteiger partial charge in [0.05, 0.1) is 13.2 Å². The van der Waals surface area contributed by atoms with E-state index in [0.29, 0.717) is 38.9 Å². The minimum atomic E-state index is -3.34. The Morgan fingerprint density at radius 3 is 2.72 bits per heavy atom. The standard InChI is InChI=1S/C11H23N3O3S/c1-10-3-2-4-11(13-10)9-12-18(15,16)14-5-7-17-8-6-14/h10-13H,2-9H2,1H3. The molecule has 0 aromatic carbocycles. The smallest absolute Gasteiger partial charge is 0.279 e. The van der Waals surface area contributed by atoms with Crippen molar-refractivity contribution in [1.82, 2.24) is 14.3 Å². The lowest BCUT2D eigenvalue weighted by Gasteiger charge is -2.31. The Hall–Kier alpha value is -0.210. The fraction of sp³-hybridized carbons (Fsp3) is 1.00. The number of piperidine rings is 1. The number of nitrogens with zero attached hydrogens (tertiary/aromatic N) is 1. The van der Waals surface area contributed by atoms with Crippen molar-refractivity contribution in [3.63, 3.8) is 0 Å². The van der Waals surface area contributed by atoms with Crippen molar-refractivity contribution in [2.75, 3.05) is 32.8 Å². The Morgan fingerprint density at radius 1 is 1.33 bits per heavy atom. The molecule has 2 aliphatic rings. The van der Waals surface area contributed by atoms with Gasteiger partial charge in [0, 0.05) is 31.7 Å². The minimum Gasteiger partial charge on any atom is -0.379 e. The van der Waals surface area contributed by atoms with Gasteiger partial charge in [-0.3, -0.25) is 0 Å². The summed E-state index contributed by atoms with van der Waals surface area (Å²) in [6.45, 7) is 4.49. The fourth-order valence-electron chi connectivity index (χ4n) is 2.48. The van der Waals surface area contributed by atoms with Crippen molar-refractivity contribution in [2.45, 2.75) is 38.3 Å². The molecule has 0 spiro atoms. The lowest BCUT2D eigenvalue weighted by Crippen LogP contribution is -2.52. The molecule has 2 aliphatic heterocycles. The van der Waals surface area contributed by atoms with Gasteiger partial charge in [0.2, 0.25) is 0 Å². The molecule has 2 rings (SSSR count). The van der Waals surface area contributed by atoms with Crippen molar-refractivity contribution in [1.29, 1.82) is 0 Å². The Labute approximate surface area is 109 Å². The summed E-state index contributed by atoms with van der Waals surface area (Å²) in [5.74, 6) is 0. The van der Waals surface area contributed by atoms with Crippen LogP contribution in [0.5, 0.6) is 0 Å². The van der Waals surface area contributed by atoms with Gasteiger partial charge in [0.1, 0.15) is 0 Å². The predicted molar refractivity (Wildman–Crippen MR) is 69.6 cm³/mol. The summed E-state index contributed by atoms with van der Waals surface area (Å²) in [5.41, 5.74) is 0. The Balaban J connectivity index is 1.80. The van der Waals surface area contributed by atoms with Crippen LogP contribution in [0.15, 0.2) is 0 Å². The first kappa shape index (κ1) is 14.2. The van der Waals surface area contributed by atoms with E-state index in [2.05, 4.69) is 17.0 Å². The fourth-order valence-corrected chi connectivity index (χ4v) is 3.71. The van der Waals surface area contributed by atoms with Crippen molar-refractivity contribution in [3.05, 3.63) is 0 Å². The Kier molecular flexibility index (Phi) is 4.97. The molecule has 2 unspecified atom stereocenters. The van der Waals surface area contributed by atoms with E-state index in [9.17, 15) is 8.42 Å². The molecule has 0 aromatic heterocycles. The molecule has 2 N–H and O–H groups in total. The lowest BCUT2D eigenvalue weighted by atomic mass is 10.00. The molecule has 6 nitrogen and oxygen atoms in total. The minimum absolute atomic E-state index is 0.254. The summed E-state index contributed by atoms with van der Waals surface area (Å²) >= 11 is 0. The second-order valence-electron chi connectivity index (χ2n) is 5.06. The van der Waals surface area contributed by atoms with Crippen LogP contribution in [0.1, 0.15) is 26.2 Å². The average Bonchev–Trinajstić information content (AvgIpc) is 2.38. The third kappa shape index (κ3) is 3.89. The van der Waals surface area contributed by atoms with Gasteiger partial charge in [-0.1, -0.05) is 6.42 Å². The van der Waals surface area contributed by atoms with Gasteiger partial charge in [-0.05, 0) is 19.8 Å². The van der Waals surface area contributed by atoms with Crippen LogP contribution in [0.2, 0.25) is 0 Å². The van der Waals surface area contributed by atoms with E-state index < -0.39 is 10.2 Å². The van der Waals surface area contributed by atoms with Crippen molar-refractivity contribution >= 4 is 10.2 Å². The zero-order chi connectivity index (χ0) is 13.0. The van der Waals surface area contributed by atoms with Crippen LogP contribution in [0.4, 0.5) is 0 Å². The van der Waals surface area contributed by atoms with Crippen molar-refractivity contribution < 1.29 is 13.2 Å². The van der Waals surface area contributed by atoms with Crippen LogP contribution in [-0.4, -0.2) is 57.7 Å². The van der Waals surface area contributed by atoms with E-state index in [0.717, 1.165) is 12.8 Å². The number of morpholine rings is 1. The molecule has 18 heavy (non-hydrogen) atoms. The second kappa shape index (κ2) is 6.29. The number of nitrogens with one attached hydrogen (secondary N) is 2. The van der Waals surface area contributed by atoms with E-state index in [1.54, 1.807) is 0 Å². The first-order valence-corrected chi connectivity index (χ1v) is 8.10. The van der Waals surface area contributed by atoms with Crippen molar-refractivity contribution in [3.8, 4) is 0 Å². The molecular weight excluding hydrogens is 254 g/mol. The molecule has 7 heteroatoms. The highest BCUT2D eigenvalue weighted by Crippen LogP contribution is 2.12. The van der Waals surface area contributed by atoms with Crippen LogP contribution in [-0.2, 0) is 14.9 Å². The van der Waals surface area contributed by atoms with E-state index in [1.165, 1.54) is 10.7 Å². The van der Waals surface area contributed by atoms with E-state index in [4.69, 9.17) is 4.74 Å². The van der Waals surface area contributed by atoms with Gasteiger partial charge in [0.25, 0.3) is 10.2 Å². The first-order valence-electron chi connectivity index (χ1n) is 6.66. The quantitative estimate of drug-likeness (QED) is 0.739. The maximum atomic E-state index is 12.0. The zero-order valence-electron chi connectivity index (χ0n) is 10.9. The summed E-state index contributed by atoms with van der Waals surface area (Å²) in [7, 11) is -3.34. The predicted octanol–water partition coefficient (Wildman–Crippen LogP) is -0.316. The third-order valence-corrected chi connectivity index (χ3v) is 5.11. The molecule has 2 heterocycles. The molecule has 0 amide bonds. The second-order valence-corrected chi connectivity index (χ2v) is 6.82. The molecule has 0 aromatic rings. The van der Waals surface area contributed by atoms with E-state index in [-0.39, 0.29) is 6.04 Å². The van der Waals surface area contributed by atoms with Gasteiger partial charge >= 0.3 is 0 Å². The molecule has 106 valence electrons. The first-order chi connectivity index (χ1) is 8.58. The largest absolute Gasteiger partial charge is 0.379 e. The van der Waals surface area contributed by atoms with Gasteiger partial charge < -0.3 is 10.1 Å². The molecular formula is C11H23N3O3S. The van der Waals surface area contributed by atoms with Crippen LogP contribution in [0.3, 0.4) is 0 Å². The highest BCUT2D eigenvalue weighted by atomic mass is 32.2. The monoisotopic (exact) mass is 277 g/mol. The number of ether oxygens (including phenoxy) is 1. The van der Waals surface area contributed by atoms with E-state index in [1.807, 2.05) is 0 Å². The Morgan fingerprint density at radius 2 is 2.06 bits per heavy atom. The summed E-state index contributed by atoms with van der Waals surface area (Å²) in [5, 5.41) is 3.42. The molecule has 2 saturated heterocycles. The summed E-state index contributed by atoms with van der Waals surface area (Å²) in [6.07, 6.45) is 3.38. The maximum absolute atomic E-state index is 12.0. The van der Waals surface area contributed by atoms with Crippen LogP contribution in [0, 0.1) is 0 Å². The molecule has 0 aliphatic carbocycles. The SMILES string of the molecule is CC1CCCC(CNS(=O)(=O)N2CCOCC2)N1. The van der Waals surface area contributed by atoms with Crippen LogP contribution < -0.4 is 10.0 Å². The van der Waals surface area contributed by atoms with Crippen molar-refractivity contribution in [2.24, 2.45) is 0 Å². The number of hydrogen-bond acceptors (Lipinski definition) is 4. The van der Waals surface area contributed by atoms with Gasteiger partial charge in [0.15, 0.2) is 0 Å². The summed E-state index contributed by atoms with van der Waals surface area (Å²) < 4.78 is 33.4. The Bertz CT molecular complexity index is 355. The van der Waals surface area contributed by atoms with Crippen LogP contribution >= 0.6 is 0 Å². The maximum Gasteiger partial charge on any atom is 0.279 e. The van der Waals surface area contributed by atoms with Gasteiger partial charge in [-0.15, -0.1) is 0 Å². The molecule has 0 saturated carbocycles. The number of hydrogen-bond donors (Lipinski definition) is 2.